The van der Waals surface area contributed by atoms with Crippen molar-refractivity contribution in [3.05, 3.63) is 0 Å². The number of nitrogens with one attached hydrogen (secondary N) is 1. The van der Waals surface area contributed by atoms with Crippen LogP contribution in [0.2, 0.25) is 0 Å². The maximum Gasteiger partial charge on any atom is 0.0181 e. The molecule has 0 amide bonds. The molecule has 11 heavy (non-hydrogen) atoms. The lowest BCUT2D eigenvalue weighted by Gasteiger charge is -2.40. The maximum absolute atomic E-state index is 3.63. The Morgan fingerprint density at radius 2 is 2.00 bits per heavy atom. The second-order valence-corrected chi connectivity index (χ2v) is 4.08. The van der Waals surface area contributed by atoms with Gasteiger partial charge in [-0.25, -0.2) is 0 Å². The Morgan fingerprint density at radius 3 is 2.36 bits per heavy atom. The number of rotatable bonds is 1. The van der Waals surface area contributed by atoms with Crippen molar-refractivity contribution < 1.29 is 0 Å². The highest BCUT2D eigenvalue weighted by atomic mass is 35.5. The third-order valence-corrected chi connectivity index (χ3v) is 3.41. The van der Waals surface area contributed by atoms with E-state index in [1.807, 2.05) is 0 Å². The molecule has 1 N–H and O–H groups in total. The van der Waals surface area contributed by atoms with Crippen LogP contribution < -0.4 is 5.32 Å². The Bertz CT molecular complexity index is 126. The molecule has 2 aliphatic rings. The summed E-state index contributed by atoms with van der Waals surface area (Å²) in [6.07, 6.45) is 7.24. The van der Waals surface area contributed by atoms with Gasteiger partial charge in [-0.3, -0.25) is 0 Å². The van der Waals surface area contributed by atoms with Gasteiger partial charge < -0.3 is 5.32 Å². The van der Waals surface area contributed by atoms with E-state index in [0.29, 0.717) is 5.54 Å². The molecule has 1 saturated heterocycles. The van der Waals surface area contributed by atoms with E-state index in [0.717, 1.165) is 5.92 Å². The van der Waals surface area contributed by atoms with Gasteiger partial charge in [-0.05, 0) is 45.1 Å². The van der Waals surface area contributed by atoms with Gasteiger partial charge in [-0.15, -0.1) is 12.4 Å². The van der Waals surface area contributed by atoms with Crippen LogP contribution in [0.3, 0.4) is 0 Å². The first-order valence-corrected chi connectivity index (χ1v) is 4.56. The maximum atomic E-state index is 3.63. The van der Waals surface area contributed by atoms with Crippen LogP contribution in [0.1, 0.15) is 39.0 Å². The van der Waals surface area contributed by atoms with E-state index in [4.69, 9.17) is 0 Å². The van der Waals surface area contributed by atoms with Crippen molar-refractivity contribution in [1.29, 1.82) is 0 Å². The number of halogens is 1. The van der Waals surface area contributed by atoms with Crippen LogP contribution in [0, 0.1) is 5.92 Å². The Kier molecular flexibility index (Phi) is 2.82. The highest BCUT2D eigenvalue weighted by Gasteiger charge is 2.39. The fourth-order valence-corrected chi connectivity index (χ4v) is 2.31. The fraction of sp³-hybridized carbons (Fsp3) is 1.00. The molecule has 0 bridgehead atoms. The van der Waals surface area contributed by atoms with E-state index in [-0.39, 0.29) is 12.4 Å². The molecule has 0 aromatic carbocycles. The predicted octanol–water partition coefficient (Wildman–Crippen LogP) is 2.35. The topological polar surface area (TPSA) is 12.0 Å². The minimum atomic E-state index is 0. The molecule has 0 aromatic heterocycles. The molecule has 1 nitrogen and oxygen atoms in total. The summed E-state index contributed by atoms with van der Waals surface area (Å²) in [6, 6.07) is 0. The minimum Gasteiger partial charge on any atom is -0.311 e. The van der Waals surface area contributed by atoms with E-state index in [1.54, 1.807) is 0 Å². The molecule has 2 heteroatoms. The first-order chi connectivity index (χ1) is 4.81. The summed E-state index contributed by atoms with van der Waals surface area (Å²) in [5.41, 5.74) is 0.540. The molecule has 0 radical (unpaired) electrons. The van der Waals surface area contributed by atoms with Gasteiger partial charge in [0.25, 0.3) is 0 Å². The van der Waals surface area contributed by atoms with Crippen LogP contribution in [0.15, 0.2) is 0 Å². The Balaban J connectivity index is 0.000000605. The highest BCUT2D eigenvalue weighted by Crippen LogP contribution is 2.40. The average molecular weight is 176 g/mol. The summed E-state index contributed by atoms with van der Waals surface area (Å²) in [6.45, 7) is 3.66. The molecule has 1 saturated carbocycles. The van der Waals surface area contributed by atoms with Crippen molar-refractivity contribution in [2.24, 2.45) is 5.92 Å². The van der Waals surface area contributed by atoms with E-state index < -0.39 is 0 Å². The second-order valence-electron chi connectivity index (χ2n) is 4.08. The Labute approximate surface area is 75.4 Å². The molecule has 0 aromatic rings. The van der Waals surface area contributed by atoms with Crippen LogP contribution in [-0.2, 0) is 0 Å². The molecule has 66 valence electrons. The molecule has 2 rings (SSSR count). The van der Waals surface area contributed by atoms with E-state index in [1.165, 1.54) is 38.6 Å². The van der Waals surface area contributed by atoms with Crippen LogP contribution in [0.4, 0.5) is 0 Å². The molecular weight excluding hydrogens is 158 g/mol. The molecule has 2 fully saturated rings. The van der Waals surface area contributed by atoms with Gasteiger partial charge >= 0.3 is 0 Å². The van der Waals surface area contributed by atoms with Crippen LogP contribution in [0.5, 0.6) is 0 Å². The molecule has 1 aliphatic carbocycles. The van der Waals surface area contributed by atoms with Crippen molar-refractivity contribution in [2.75, 3.05) is 6.54 Å². The van der Waals surface area contributed by atoms with E-state index >= 15 is 0 Å². The fourth-order valence-electron chi connectivity index (χ4n) is 2.31. The van der Waals surface area contributed by atoms with E-state index in [2.05, 4.69) is 12.2 Å². The molecule has 1 unspecified atom stereocenters. The van der Waals surface area contributed by atoms with E-state index in [9.17, 15) is 0 Å². The zero-order valence-electron chi connectivity index (χ0n) is 7.23. The summed E-state index contributed by atoms with van der Waals surface area (Å²) in [5.74, 6) is 1.01. The van der Waals surface area contributed by atoms with Gasteiger partial charge in [0.1, 0.15) is 0 Å². The van der Waals surface area contributed by atoms with Crippen LogP contribution in [-0.4, -0.2) is 12.1 Å². The molecule has 1 heterocycles. The SMILES string of the molecule is CC1(C2CCC2)CCCN1.Cl. The van der Waals surface area contributed by atoms with Gasteiger partial charge in [0.15, 0.2) is 0 Å². The predicted molar refractivity (Wildman–Crippen MR) is 50.2 cm³/mol. The Hall–Kier alpha value is 0.250. The standard InChI is InChI=1S/C9H17N.ClH/c1-9(6-3-7-10-9)8-4-2-5-8;/h8,10H,2-7H2,1H3;1H. The summed E-state index contributed by atoms with van der Waals surface area (Å²) >= 11 is 0. The lowest BCUT2D eigenvalue weighted by molar-refractivity contribution is 0.162. The lowest BCUT2D eigenvalue weighted by atomic mass is 9.71. The zero-order valence-corrected chi connectivity index (χ0v) is 8.04. The summed E-state index contributed by atoms with van der Waals surface area (Å²) < 4.78 is 0. The minimum absolute atomic E-state index is 0. The first kappa shape index (κ1) is 9.34. The molecule has 0 spiro atoms. The molecule has 1 aliphatic heterocycles. The number of hydrogen-bond donors (Lipinski definition) is 1. The lowest BCUT2D eigenvalue weighted by Crippen LogP contribution is -2.46. The van der Waals surface area contributed by atoms with Crippen LogP contribution >= 0.6 is 12.4 Å². The largest absolute Gasteiger partial charge is 0.311 e. The normalized spacial score (nSPS) is 37.9. The van der Waals surface area contributed by atoms with Crippen molar-refractivity contribution in [2.45, 2.75) is 44.6 Å². The third kappa shape index (κ3) is 1.54. The smallest absolute Gasteiger partial charge is 0.0181 e. The van der Waals surface area contributed by atoms with Crippen molar-refractivity contribution >= 4 is 12.4 Å². The highest BCUT2D eigenvalue weighted by molar-refractivity contribution is 5.85. The van der Waals surface area contributed by atoms with Gasteiger partial charge in [-0.1, -0.05) is 6.42 Å². The van der Waals surface area contributed by atoms with Gasteiger partial charge in [0.05, 0.1) is 0 Å². The summed E-state index contributed by atoms with van der Waals surface area (Å²) in [4.78, 5) is 0. The third-order valence-electron chi connectivity index (χ3n) is 3.41. The van der Waals surface area contributed by atoms with Crippen molar-refractivity contribution in [3.8, 4) is 0 Å². The summed E-state index contributed by atoms with van der Waals surface area (Å²) in [7, 11) is 0. The monoisotopic (exact) mass is 175 g/mol. The van der Waals surface area contributed by atoms with Crippen LogP contribution in [0.25, 0.3) is 0 Å². The van der Waals surface area contributed by atoms with Crippen molar-refractivity contribution in [1.82, 2.24) is 5.32 Å². The quantitative estimate of drug-likeness (QED) is 0.645. The van der Waals surface area contributed by atoms with Crippen molar-refractivity contribution in [3.63, 3.8) is 0 Å². The second kappa shape index (κ2) is 3.32. The zero-order chi connectivity index (χ0) is 7.03. The first-order valence-electron chi connectivity index (χ1n) is 4.56. The Morgan fingerprint density at radius 1 is 1.27 bits per heavy atom. The molecule has 1 atom stereocenters. The van der Waals surface area contributed by atoms with Gasteiger partial charge in [0.2, 0.25) is 0 Å². The van der Waals surface area contributed by atoms with Gasteiger partial charge in [-0.2, -0.15) is 0 Å². The van der Waals surface area contributed by atoms with Gasteiger partial charge in [0, 0.05) is 5.54 Å². The summed E-state index contributed by atoms with van der Waals surface area (Å²) in [5, 5.41) is 3.63. The average Bonchev–Trinajstić information content (AvgIpc) is 2.09. The number of hydrogen-bond acceptors (Lipinski definition) is 1. The molecular formula is C9H18ClN.